The number of hydrogen-bond donors (Lipinski definition) is 0. The van der Waals surface area contributed by atoms with Crippen LogP contribution in [0.25, 0.3) is 11.1 Å². The van der Waals surface area contributed by atoms with Crippen LogP contribution in [0.5, 0.6) is 0 Å². The SMILES string of the molecule is O=C1C(c2ccccc2)=C(c2ccc([N+](=O)[O-])cc2)C(=O)N1CCCN1CCCCC1. The third kappa shape index (κ3) is 4.41. The van der Waals surface area contributed by atoms with E-state index in [0.29, 0.717) is 28.8 Å². The molecule has 2 aliphatic heterocycles. The van der Waals surface area contributed by atoms with Gasteiger partial charge >= 0.3 is 0 Å². The predicted octanol–water partition coefficient (Wildman–Crippen LogP) is 3.75. The Hall–Kier alpha value is -3.32. The van der Waals surface area contributed by atoms with Crippen LogP contribution in [-0.2, 0) is 9.59 Å². The molecule has 2 heterocycles. The average Bonchev–Trinajstić information content (AvgIpc) is 3.05. The molecule has 2 aromatic carbocycles. The van der Waals surface area contributed by atoms with Gasteiger partial charge in [0.2, 0.25) is 0 Å². The van der Waals surface area contributed by atoms with E-state index in [1.54, 1.807) is 12.1 Å². The van der Waals surface area contributed by atoms with Crippen molar-refractivity contribution in [2.75, 3.05) is 26.2 Å². The van der Waals surface area contributed by atoms with Crippen LogP contribution in [-0.4, -0.2) is 52.7 Å². The molecule has 0 aliphatic carbocycles. The molecule has 0 atom stereocenters. The lowest BCUT2D eigenvalue weighted by molar-refractivity contribution is -0.384. The minimum atomic E-state index is -0.481. The summed E-state index contributed by atoms with van der Waals surface area (Å²) in [5.74, 6) is -0.639. The number of nitro benzene ring substituents is 1. The molecule has 0 aromatic heterocycles. The molecule has 0 N–H and O–H groups in total. The first kappa shape index (κ1) is 20.9. The molecular formula is C24H25N3O4. The fourth-order valence-electron chi connectivity index (χ4n) is 4.30. The molecule has 0 spiro atoms. The summed E-state index contributed by atoms with van der Waals surface area (Å²) in [5.41, 5.74) is 1.80. The molecule has 0 bridgehead atoms. The Morgan fingerprint density at radius 3 is 1.94 bits per heavy atom. The van der Waals surface area contributed by atoms with Gasteiger partial charge in [-0.3, -0.25) is 24.6 Å². The van der Waals surface area contributed by atoms with Crippen molar-refractivity contribution in [3.63, 3.8) is 0 Å². The molecule has 2 aromatic rings. The topological polar surface area (TPSA) is 83.8 Å². The number of amides is 2. The summed E-state index contributed by atoms with van der Waals surface area (Å²) < 4.78 is 0. The second-order valence-electron chi connectivity index (χ2n) is 7.94. The number of nitrogens with zero attached hydrogens (tertiary/aromatic N) is 3. The van der Waals surface area contributed by atoms with Crippen molar-refractivity contribution < 1.29 is 14.5 Å². The van der Waals surface area contributed by atoms with Gasteiger partial charge in [-0.15, -0.1) is 0 Å². The summed E-state index contributed by atoms with van der Waals surface area (Å²) in [7, 11) is 0. The minimum Gasteiger partial charge on any atom is -0.303 e. The normalized spacial score (nSPS) is 17.5. The molecule has 7 heteroatoms. The quantitative estimate of drug-likeness (QED) is 0.388. The van der Waals surface area contributed by atoms with Crippen molar-refractivity contribution in [1.82, 2.24) is 9.80 Å². The van der Waals surface area contributed by atoms with Gasteiger partial charge in [0.1, 0.15) is 0 Å². The standard InChI is InChI=1S/C24H25N3O4/c28-23-21(18-8-3-1-4-9-18)22(19-10-12-20(13-11-19)27(30)31)24(29)26(23)17-7-16-25-14-5-2-6-15-25/h1,3-4,8-13H,2,5-7,14-17H2. The lowest BCUT2D eigenvalue weighted by atomic mass is 9.96. The smallest absolute Gasteiger partial charge is 0.269 e. The van der Waals surface area contributed by atoms with Crippen LogP contribution >= 0.6 is 0 Å². The number of non-ortho nitro benzene ring substituents is 1. The Morgan fingerprint density at radius 2 is 1.35 bits per heavy atom. The first-order valence-electron chi connectivity index (χ1n) is 10.7. The summed E-state index contributed by atoms with van der Waals surface area (Å²) in [5, 5.41) is 11.0. The van der Waals surface area contributed by atoms with E-state index in [9.17, 15) is 19.7 Å². The van der Waals surface area contributed by atoms with Gasteiger partial charge in [0.25, 0.3) is 17.5 Å². The summed E-state index contributed by atoms with van der Waals surface area (Å²) in [6, 6.07) is 14.9. The number of benzene rings is 2. The molecule has 4 rings (SSSR count). The number of likely N-dealkylation sites (tertiary alicyclic amines) is 1. The van der Waals surface area contributed by atoms with Crippen LogP contribution in [0.2, 0.25) is 0 Å². The number of nitro groups is 1. The number of imide groups is 1. The van der Waals surface area contributed by atoms with Gasteiger partial charge in [0.15, 0.2) is 0 Å². The molecule has 1 saturated heterocycles. The van der Waals surface area contributed by atoms with E-state index < -0.39 is 4.92 Å². The molecule has 7 nitrogen and oxygen atoms in total. The van der Waals surface area contributed by atoms with E-state index in [4.69, 9.17) is 0 Å². The van der Waals surface area contributed by atoms with Gasteiger partial charge < -0.3 is 4.90 Å². The average molecular weight is 419 g/mol. The Kier molecular flexibility index (Phi) is 6.23. The number of carbonyl (C=O) groups excluding carboxylic acids is 2. The fourth-order valence-corrected chi connectivity index (χ4v) is 4.30. The number of carbonyl (C=O) groups is 2. The number of hydrogen-bond acceptors (Lipinski definition) is 5. The van der Waals surface area contributed by atoms with Gasteiger partial charge in [-0.25, -0.2) is 0 Å². The van der Waals surface area contributed by atoms with Crippen LogP contribution in [0.3, 0.4) is 0 Å². The second kappa shape index (κ2) is 9.22. The van der Waals surface area contributed by atoms with Crippen molar-refractivity contribution >= 4 is 28.6 Å². The highest BCUT2D eigenvalue weighted by molar-refractivity contribution is 6.49. The molecular weight excluding hydrogens is 394 g/mol. The molecule has 31 heavy (non-hydrogen) atoms. The van der Waals surface area contributed by atoms with Gasteiger partial charge in [0, 0.05) is 18.7 Å². The maximum atomic E-state index is 13.3. The maximum absolute atomic E-state index is 13.3. The Balaban J connectivity index is 1.60. The van der Waals surface area contributed by atoms with Crippen molar-refractivity contribution in [1.29, 1.82) is 0 Å². The van der Waals surface area contributed by atoms with E-state index in [1.165, 1.54) is 36.3 Å². The Labute approximate surface area is 181 Å². The first-order valence-corrected chi connectivity index (χ1v) is 10.7. The zero-order valence-electron chi connectivity index (χ0n) is 17.3. The lowest BCUT2D eigenvalue weighted by Crippen LogP contribution is -2.36. The maximum Gasteiger partial charge on any atom is 0.269 e. The molecule has 0 saturated carbocycles. The van der Waals surface area contributed by atoms with E-state index >= 15 is 0 Å². The van der Waals surface area contributed by atoms with Crippen LogP contribution in [0.15, 0.2) is 54.6 Å². The van der Waals surface area contributed by atoms with Crippen LogP contribution < -0.4 is 0 Å². The molecule has 0 unspecified atom stereocenters. The Morgan fingerprint density at radius 1 is 0.774 bits per heavy atom. The summed E-state index contributed by atoms with van der Waals surface area (Å²) >= 11 is 0. The third-order valence-corrected chi connectivity index (χ3v) is 5.90. The van der Waals surface area contributed by atoms with Gasteiger partial charge in [-0.05, 0) is 62.2 Å². The monoisotopic (exact) mass is 419 g/mol. The minimum absolute atomic E-state index is 0.0548. The highest BCUT2D eigenvalue weighted by Gasteiger charge is 2.39. The third-order valence-electron chi connectivity index (χ3n) is 5.90. The summed E-state index contributed by atoms with van der Waals surface area (Å²) in [4.78, 5) is 40.8. The van der Waals surface area contributed by atoms with Gasteiger partial charge in [0.05, 0.1) is 16.1 Å². The van der Waals surface area contributed by atoms with E-state index in [1.807, 2.05) is 30.3 Å². The zero-order valence-corrected chi connectivity index (χ0v) is 17.3. The molecule has 1 fully saturated rings. The Bertz CT molecular complexity index is 1010. The summed E-state index contributed by atoms with van der Waals surface area (Å²) in [6.07, 6.45) is 4.40. The van der Waals surface area contributed by atoms with E-state index in [-0.39, 0.29) is 17.5 Å². The number of rotatable bonds is 7. The highest BCUT2D eigenvalue weighted by atomic mass is 16.6. The van der Waals surface area contributed by atoms with Crippen molar-refractivity contribution in [3.05, 3.63) is 75.8 Å². The van der Waals surface area contributed by atoms with Crippen LogP contribution in [0.4, 0.5) is 5.69 Å². The van der Waals surface area contributed by atoms with Crippen LogP contribution in [0, 0.1) is 10.1 Å². The van der Waals surface area contributed by atoms with Gasteiger partial charge in [-0.1, -0.05) is 36.8 Å². The molecule has 2 aliphatic rings. The molecule has 0 radical (unpaired) electrons. The van der Waals surface area contributed by atoms with E-state index in [2.05, 4.69) is 4.90 Å². The zero-order chi connectivity index (χ0) is 21.8. The van der Waals surface area contributed by atoms with Crippen molar-refractivity contribution in [3.8, 4) is 0 Å². The fraction of sp³-hybridized carbons (Fsp3) is 0.333. The lowest BCUT2D eigenvalue weighted by Gasteiger charge is -2.27. The molecule has 2 amide bonds. The van der Waals surface area contributed by atoms with Crippen LogP contribution in [0.1, 0.15) is 36.8 Å². The second-order valence-corrected chi connectivity index (χ2v) is 7.94. The molecule has 160 valence electrons. The van der Waals surface area contributed by atoms with E-state index in [0.717, 1.165) is 26.1 Å². The van der Waals surface area contributed by atoms with Crippen molar-refractivity contribution in [2.45, 2.75) is 25.7 Å². The number of piperidine rings is 1. The first-order chi connectivity index (χ1) is 15.1. The summed E-state index contributed by atoms with van der Waals surface area (Å²) in [6.45, 7) is 3.37. The van der Waals surface area contributed by atoms with Crippen molar-refractivity contribution in [2.24, 2.45) is 0 Å². The predicted molar refractivity (Wildman–Crippen MR) is 118 cm³/mol. The largest absolute Gasteiger partial charge is 0.303 e. The van der Waals surface area contributed by atoms with Gasteiger partial charge in [-0.2, -0.15) is 0 Å². The highest BCUT2D eigenvalue weighted by Crippen LogP contribution is 2.36.